The lowest BCUT2D eigenvalue weighted by atomic mass is 9.79. The Morgan fingerprint density at radius 2 is 1.88 bits per heavy atom. The lowest BCUT2D eigenvalue weighted by molar-refractivity contribution is -0.186. The van der Waals surface area contributed by atoms with Crippen molar-refractivity contribution >= 4 is 27.7 Å². The Kier molecular flexibility index (Phi) is 9.52. The molecule has 2 aliphatic rings. The Balaban J connectivity index is 1.50. The van der Waals surface area contributed by atoms with Crippen molar-refractivity contribution in [3.63, 3.8) is 0 Å². The number of hydrogen-bond acceptors (Lipinski definition) is 9. The third-order valence-electron chi connectivity index (χ3n) is 8.10. The van der Waals surface area contributed by atoms with E-state index in [-0.39, 0.29) is 28.6 Å². The third kappa shape index (κ3) is 6.49. The van der Waals surface area contributed by atoms with Gasteiger partial charge in [0.05, 0.1) is 33.8 Å². The van der Waals surface area contributed by atoms with E-state index in [9.17, 15) is 32.9 Å². The van der Waals surface area contributed by atoms with Gasteiger partial charge in [0.2, 0.25) is 5.92 Å². The molecule has 0 bridgehead atoms. The van der Waals surface area contributed by atoms with E-state index in [1.165, 1.54) is 18.0 Å². The average molecular weight is 692 g/mol. The van der Waals surface area contributed by atoms with E-state index in [0.29, 0.717) is 5.69 Å². The molecule has 15 heteroatoms. The Morgan fingerprint density at radius 3 is 2.49 bits per heavy atom. The maximum atomic E-state index is 14.2. The first-order valence-electron chi connectivity index (χ1n) is 13.6. The first-order chi connectivity index (χ1) is 20.4. The van der Waals surface area contributed by atoms with Gasteiger partial charge in [0.1, 0.15) is 47.1 Å². The molecular weight excluding hydrogens is 660 g/mol. The highest BCUT2D eigenvalue weighted by Crippen LogP contribution is 2.53. The molecule has 3 heterocycles. The minimum atomic E-state index is -2.89. The van der Waals surface area contributed by atoms with Crippen LogP contribution in [0.4, 0.5) is 17.6 Å². The van der Waals surface area contributed by atoms with Crippen LogP contribution >= 0.6 is 27.7 Å². The number of thioether (sulfide) groups is 1. The molecule has 1 saturated heterocycles. The smallest absolute Gasteiger partial charge is 0.248 e. The van der Waals surface area contributed by atoms with Crippen LogP contribution in [0.15, 0.2) is 41.1 Å². The van der Waals surface area contributed by atoms with E-state index < -0.39 is 77.6 Å². The van der Waals surface area contributed by atoms with Crippen molar-refractivity contribution in [2.24, 2.45) is 0 Å². The molecule has 1 unspecified atom stereocenters. The van der Waals surface area contributed by atoms with E-state index in [0.717, 1.165) is 29.5 Å². The van der Waals surface area contributed by atoms with Gasteiger partial charge in [-0.15, -0.1) is 16.9 Å². The van der Waals surface area contributed by atoms with Crippen molar-refractivity contribution in [2.75, 3.05) is 13.7 Å². The van der Waals surface area contributed by atoms with Crippen LogP contribution in [0, 0.1) is 18.6 Å². The molecule has 9 nitrogen and oxygen atoms in total. The molecular formula is C28H31BrF4N4O5S. The minimum Gasteiger partial charge on any atom is -0.394 e. The summed E-state index contributed by atoms with van der Waals surface area (Å²) in [5.74, 6) is -4.56. The number of halogens is 5. The SMILES string of the molecule is CO[C@@H]1[C@@H](n2cc(-c3cc(F)c(Br)c(F)c3)nn2)[C@@H](O)[C@@H](CO)O[C@H]1SC(c1ncccc1C)C1(O)CCC(F)(F)CC1. The van der Waals surface area contributed by atoms with Crippen molar-refractivity contribution in [1.82, 2.24) is 20.0 Å². The fourth-order valence-corrected chi connectivity index (χ4v) is 7.64. The molecule has 5 rings (SSSR count). The third-order valence-corrected chi connectivity index (χ3v) is 10.4. The van der Waals surface area contributed by atoms with Gasteiger partial charge >= 0.3 is 0 Å². The molecule has 1 aliphatic heterocycles. The summed E-state index contributed by atoms with van der Waals surface area (Å²) in [5, 5.41) is 40.4. The second-order valence-corrected chi connectivity index (χ2v) is 12.9. The number of alkyl halides is 2. The standard InChI is InChI=1S/C28H31BrF4N4O5S/c1-14-4-3-9-34-21(14)25(27(40)5-7-28(32,33)8-6-27)43-26-24(41-2)22(23(39)19(13-38)42-26)37-12-18(35-36-37)15-10-16(30)20(29)17(31)11-15/h3-4,9-12,19,22-26,38-40H,5-8,13H2,1-2H3/t19-,22+,23+,24-,25?,26+/m1/s1. The number of aryl methyl sites for hydroxylation is 1. The van der Waals surface area contributed by atoms with Gasteiger partial charge in [-0.2, -0.15) is 0 Å². The molecule has 2 aromatic heterocycles. The van der Waals surface area contributed by atoms with Gasteiger partial charge in [-0.05, 0) is 59.5 Å². The lowest BCUT2D eigenvalue weighted by Crippen LogP contribution is -2.56. The largest absolute Gasteiger partial charge is 0.394 e. The van der Waals surface area contributed by atoms with Gasteiger partial charge in [0, 0.05) is 31.7 Å². The monoisotopic (exact) mass is 690 g/mol. The van der Waals surface area contributed by atoms with Crippen LogP contribution in [-0.2, 0) is 9.47 Å². The first-order valence-corrected chi connectivity index (χ1v) is 15.3. The number of ether oxygens (including phenoxy) is 2. The van der Waals surface area contributed by atoms with Gasteiger partial charge in [-0.1, -0.05) is 11.3 Å². The number of rotatable bonds is 8. The zero-order chi connectivity index (χ0) is 31.1. The molecule has 0 radical (unpaired) electrons. The zero-order valence-electron chi connectivity index (χ0n) is 23.2. The highest BCUT2D eigenvalue weighted by Gasteiger charge is 2.53. The molecule has 1 saturated carbocycles. The zero-order valence-corrected chi connectivity index (χ0v) is 25.6. The van der Waals surface area contributed by atoms with Gasteiger partial charge < -0.3 is 24.8 Å². The van der Waals surface area contributed by atoms with Gasteiger partial charge in [0.15, 0.2) is 0 Å². The fourth-order valence-electron chi connectivity index (χ4n) is 5.64. The summed E-state index contributed by atoms with van der Waals surface area (Å²) in [7, 11) is 1.38. The Bertz CT molecular complexity index is 1420. The summed E-state index contributed by atoms with van der Waals surface area (Å²) in [5.41, 5.74) is -1.08. The number of methoxy groups -OCH3 is 1. The summed E-state index contributed by atoms with van der Waals surface area (Å²) in [6.07, 6.45) is -1.85. The maximum Gasteiger partial charge on any atom is 0.248 e. The predicted molar refractivity (Wildman–Crippen MR) is 152 cm³/mol. The van der Waals surface area contributed by atoms with E-state index in [4.69, 9.17) is 9.47 Å². The second kappa shape index (κ2) is 12.7. The summed E-state index contributed by atoms with van der Waals surface area (Å²) in [6.45, 7) is 1.22. The average Bonchev–Trinajstić information content (AvgIpc) is 3.46. The number of nitrogens with zero attached hydrogens (tertiary/aromatic N) is 4. The van der Waals surface area contributed by atoms with Crippen molar-refractivity contribution in [2.45, 2.75) is 79.2 Å². The van der Waals surface area contributed by atoms with Crippen LogP contribution < -0.4 is 0 Å². The van der Waals surface area contributed by atoms with Crippen molar-refractivity contribution in [3.05, 3.63) is 64.0 Å². The van der Waals surface area contributed by atoms with E-state index in [1.54, 1.807) is 25.3 Å². The molecule has 3 N–H and O–H groups in total. The summed E-state index contributed by atoms with van der Waals surface area (Å²) >= 11 is 3.95. The van der Waals surface area contributed by atoms with Crippen LogP contribution in [0.5, 0.6) is 0 Å². The number of aromatic nitrogens is 4. The number of aliphatic hydroxyl groups is 3. The molecule has 0 amide bonds. The van der Waals surface area contributed by atoms with Crippen molar-refractivity contribution in [3.8, 4) is 11.3 Å². The van der Waals surface area contributed by atoms with E-state index in [2.05, 4.69) is 31.2 Å². The van der Waals surface area contributed by atoms with Gasteiger partial charge in [-0.3, -0.25) is 4.98 Å². The molecule has 3 aromatic rings. The maximum absolute atomic E-state index is 14.2. The lowest BCUT2D eigenvalue weighted by Gasteiger charge is -2.47. The molecule has 234 valence electrons. The minimum absolute atomic E-state index is 0.103. The molecule has 43 heavy (non-hydrogen) atoms. The highest BCUT2D eigenvalue weighted by atomic mass is 79.9. The summed E-state index contributed by atoms with van der Waals surface area (Å²) in [4.78, 5) is 4.48. The molecule has 2 fully saturated rings. The molecule has 6 atom stereocenters. The Labute approximate surface area is 257 Å². The van der Waals surface area contributed by atoms with Crippen molar-refractivity contribution < 1.29 is 42.4 Å². The quantitative estimate of drug-likeness (QED) is 0.227. The van der Waals surface area contributed by atoms with Crippen molar-refractivity contribution in [1.29, 1.82) is 0 Å². The van der Waals surface area contributed by atoms with E-state index in [1.807, 2.05) is 0 Å². The van der Waals surface area contributed by atoms with Crippen LogP contribution in [0.25, 0.3) is 11.3 Å². The number of pyridine rings is 1. The topological polar surface area (TPSA) is 123 Å². The highest BCUT2D eigenvalue weighted by molar-refractivity contribution is 9.10. The van der Waals surface area contributed by atoms with Crippen LogP contribution in [0.3, 0.4) is 0 Å². The second-order valence-electron chi connectivity index (χ2n) is 10.9. The van der Waals surface area contributed by atoms with E-state index >= 15 is 0 Å². The molecule has 1 aromatic carbocycles. The Hall–Kier alpha value is -2.14. The summed E-state index contributed by atoms with van der Waals surface area (Å²) in [6, 6.07) is 4.70. The first kappa shape index (κ1) is 32.3. The van der Waals surface area contributed by atoms with Gasteiger partial charge in [-0.25, -0.2) is 22.2 Å². The summed E-state index contributed by atoms with van der Waals surface area (Å²) < 4.78 is 69.6. The number of aliphatic hydroxyl groups excluding tert-OH is 2. The molecule has 0 spiro atoms. The van der Waals surface area contributed by atoms with Crippen LogP contribution in [0.2, 0.25) is 0 Å². The number of benzene rings is 1. The number of hydrogen-bond donors (Lipinski definition) is 3. The molecule has 1 aliphatic carbocycles. The van der Waals surface area contributed by atoms with Gasteiger partial charge in [0.25, 0.3) is 0 Å². The predicted octanol–water partition coefficient (Wildman–Crippen LogP) is 4.74. The van der Waals surface area contributed by atoms with Crippen LogP contribution in [-0.4, -0.2) is 84.3 Å². The normalized spacial score (nSPS) is 27.6. The Morgan fingerprint density at radius 1 is 1.21 bits per heavy atom. The van der Waals surface area contributed by atoms with Crippen LogP contribution in [0.1, 0.15) is 48.2 Å². The fraction of sp³-hybridized carbons (Fsp3) is 0.536.